The Morgan fingerprint density at radius 3 is 1.92 bits per heavy atom. The molecule has 1 amide bonds. The maximum absolute atomic E-state index is 11.2. The summed E-state index contributed by atoms with van der Waals surface area (Å²) in [4.78, 5) is 11.2. The summed E-state index contributed by atoms with van der Waals surface area (Å²) in [6, 6.07) is 19.7. The molecule has 0 heterocycles. The Morgan fingerprint density at radius 1 is 1.00 bits per heavy atom. The van der Waals surface area contributed by atoms with Crippen LogP contribution in [0.1, 0.15) is 13.8 Å². The first-order valence-electron chi connectivity index (χ1n) is 7.91. The van der Waals surface area contributed by atoms with E-state index in [1.165, 1.54) is 5.19 Å². The van der Waals surface area contributed by atoms with Gasteiger partial charge in [-0.3, -0.25) is 4.79 Å². The van der Waals surface area contributed by atoms with Gasteiger partial charge in [0.05, 0.1) is 8.80 Å². The molecule has 3 nitrogen and oxygen atoms in total. The zero-order chi connectivity index (χ0) is 17.8. The molecular formula is C20H25CuLiNO2Si. The number of carbonyl (C=O) groups excluding carboxylic acids is 1. The van der Waals surface area contributed by atoms with Gasteiger partial charge >= 0.3 is 18.9 Å². The number of hydrogen-bond acceptors (Lipinski definition) is 2. The van der Waals surface area contributed by atoms with Crippen molar-refractivity contribution in [2.45, 2.75) is 26.9 Å². The molecule has 2 rings (SSSR count). The van der Waals surface area contributed by atoms with Crippen LogP contribution in [-0.2, 0) is 21.8 Å². The smallest absolute Gasteiger partial charge is 0.591 e. The van der Waals surface area contributed by atoms with Gasteiger partial charge in [0.25, 0.3) is 0 Å². The number of amides is 1. The number of allylic oxidation sites excluding steroid dienone is 1. The zero-order valence-corrected chi connectivity index (χ0v) is 18.1. The van der Waals surface area contributed by atoms with Crippen molar-refractivity contribution >= 4 is 25.8 Å². The molecule has 0 saturated carbocycles. The topological polar surface area (TPSA) is 40.4 Å². The zero-order valence-electron chi connectivity index (χ0n) is 16.1. The molecule has 138 valence electrons. The van der Waals surface area contributed by atoms with Gasteiger partial charge in [0.15, 0.2) is 0 Å². The Morgan fingerprint density at radius 2 is 1.50 bits per heavy atom. The summed E-state index contributed by atoms with van der Waals surface area (Å²) in [5, 5.41) is 5.28. The molecule has 0 aliphatic carbocycles. The third-order valence-electron chi connectivity index (χ3n) is 3.03. The summed E-state index contributed by atoms with van der Waals surface area (Å²) in [6.07, 6.45) is 1.28. The molecule has 0 aliphatic heterocycles. The molecule has 26 heavy (non-hydrogen) atoms. The molecule has 0 bridgehead atoms. The van der Waals surface area contributed by atoms with Gasteiger partial charge in [-0.25, -0.2) is 0 Å². The van der Waals surface area contributed by atoms with E-state index >= 15 is 0 Å². The Bertz CT molecular complexity index is 633. The van der Waals surface area contributed by atoms with E-state index in [-0.39, 0.29) is 51.3 Å². The molecular weight excluding hydrogens is 385 g/mol. The van der Waals surface area contributed by atoms with Crippen molar-refractivity contribution in [2.75, 3.05) is 6.61 Å². The maximum atomic E-state index is 11.2. The van der Waals surface area contributed by atoms with E-state index in [9.17, 15) is 4.79 Å². The number of ether oxygens (including phenoxy) is 1. The summed E-state index contributed by atoms with van der Waals surface area (Å²) in [5.74, 6) is 0. The van der Waals surface area contributed by atoms with E-state index in [1.807, 2.05) is 38.1 Å². The molecule has 0 atom stereocenters. The molecule has 2 aromatic carbocycles. The van der Waals surface area contributed by atoms with E-state index in [2.05, 4.69) is 48.7 Å². The van der Waals surface area contributed by atoms with Gasteiger partial charge in [-0.15, -0.1) is 5.69 Å². The van der Waals surface area contributed by atoms with E-state index < -0.39 is 6.09 Å². The predicted molar refractivity (Wildman–Crippen MR) is 104 cm³/mol. The number of carbonyl (C=O) groups is 1. The fourth-order valence-corrected chi connectivity index (χ4v) is 2.55. The number of benzene rings is 2. The standard InChI is InChI=1S/C12H15NO2.C8H11Si.Cu.Li/c1-10(2)8-9-15-12(14)13-11-6-4-3-5-7-11;1-9(2)8-6-4-3-5-7-8;;/h3-8H,9H2,1-2H3,(H,13,14);3-7H,1-2H3;;/q;;;+1/p-1. The third-order valence-corrected chi connectivity index (χ3v) is 4.51. The second-order valence-electron chi connectivity index (χ2n) is 5.67. The maximum Gasteiger partial charge on any atom is 1.00 e. The molecule has 0 unspecified atom stereocenters. The van der Waals surface area contributed by atoms with Gasteiger partial charge in [0.2, 0.25) is 6.09 Å². The Balaban J connectivity index is 0. The van der Waals surface area contributed by atoms with Crippen LogP contribution in [0.2, 0.25) is 13.1 Å². The molecule has 0 spiro atoms. The second-order valence-corrected chi connectivity index (χ2v) is 8.25. The predicted octanol–water partition coefficient (Wildman–Crippen LogP) is 2.44. The summed E-state index contributed by atoms with van der Waals surface area (Å²) in [5.41, 5.74) is 1.72. The van der Waals surface area contributed by atoms with E-state index in [0.717, 1.165) is 5.57 Å². The minimum Gasteiger partial charge on any atom is -0.591 e. The van der Waals surface area contributed by atoms with Crippen LogP contribution in [0.4, 0.5) is 10.5 Å². The van der Waals surface area contributed by atoms with Crippen molar-refractivity contribution in [3.63, 3.8) is 0 Å². The van der Waals surface area contributed by atoms with Crippen LogP contribution >= 0.6 is 0 Å². The fourth-order valence-electron chi connectivity index (χ4n) is 1.69. The van der Waals surface area contributed by atoms with Crippen molar-refractivity contribution in [1.29, 1.82) is 0 Å². The van der Waals surface area contributed by atoms with Crippen LogP contribution in [0.15, 0.2) is 72.3 Å². The molecule has 2 aromatic rings. The summed E-state index contributed by atoms with van der Waals surface area (Å²) in [6.45, 7) is 8.78. The normalized spacial score (nSPS) is 8.81. The summed E-state index contributed by atoms with van der Waals surface area (Å²) < 4.78 is 4.87. The molecule has 0 saturated heterocycles. The van der Waals surface area contributed by atoms with Crippen molar-refractivity contribution in [2.24, 2.45) is 0 Å². The minimum absolute atomic E-state index is 0. The minimum atomic E-state index is -0.557. The van der Waals surface area contributed by atoms with E-state index in [1.54, 1.807) is 12.1 Å². The van der Waals surface area contributed by atoms with Crippen molar-refractivity contribution in [3.8, 4) is 0 Å². The number of rotatable bonds is 4. The van der Waals surface area contributed by atoms with Gasteiger partial charge < -0.3 is 10.1 Å². The first-order chi connectivity index (χ1) is 11.5. The fraction of sp³-hybridized carbons (Fsp3) is 0.250. The number of para-hydroxylation sites is 1. The monoisotopic (exact) mass is 409 g/mol. The van der Waals surface area contributed by atoms with Crippen LogP contribution in [-0.4, -0.2) is 21.5 Å². The molecule has 0 aromatic heterocycles. The third kappa shape index (κ3) is 13.0. The Kier molecular flexibility index (Phi) is 16.6. The van der Waals surface area contributed by atoms with Gasteiger partial charge in [-0.1, -0.05) is 84.5 Å². The second kappa shape index (κ2) is 16.0. The summed E-state index contributed by atoms with van der Waals surface area (Å²) in [7, 11) is -0.212. The number of hydrogen-bond donors (Lipinski definition) is 0. The molecule has 6 heteroatoms. The first kappa shape index (κ1) is 27.0. The van der Waals surface area contributed by atoms with E-state index in [4.69, 9.17) is 4.74 Å². The van der Waals surface area contributed by atoms with Crippen molar-refractivity contribution in [1.82, 2.24) is 0 Å². The first-order valence-corrected chi connectivity index (χ1v) is 10.4. The molecule has 2 radical (unpaired) electrons. The Labute approximate surface area is 181 Å². The van der Waals surface area contributed by atoms with Gasteiger partial charge in [0, 0.05) is 17.1 Å². The largest absolute Gasteiger partial charge is 1.00 e. The van der Waals surface area contributed by atoms with Gasteiger partial charge in [-0.05, 0) is 19.9 Å². The molecule has 0 fully saturated rings. The quantitative estimate of drug-likeness (QED) is 0.574. The molecule has 0 N–H and O–H groups in total. The van der Waals surface area contributed by atoms with E-state index in [0.29, 0.717) is 5.69 Å². The van der Waals surface area contributed by atoms with Crippen LogP contribution in [0, 0.1) is 0 Å². The average molecular weight is 410 g/mol. The van der Waals surface area contributed by atoms with Gasteiger partial charge in [-0.2, -0.15) is 0 Å². The van der Waals surface area contributed by atoms with Gasteiger partial charge in [0.1, 0.15) is 6.61 Å². The van der Waals surface area contributed by atoms with Crippen LogP contribution in [0.3, 0.4) is 0 Å². The van der Waals surface area contributed by atoms with Crippen molar-refractivity contribution in [3.05, 3.63) is 77.6 Å². The summed E-state index contributed by atoms with van der Waals surface area (Å²) >= 11 is 0. The molecule has 0 aliphatic rings. The van der Waals surface area contributed by atoms with Crippen LogP contribution < -0.4 is 24.0 Å². The average Bonchev–Trinajstić information content (AvgIpc) is 2.57. The van der Waals surface area contributed by atoms with Crippen LogP contribution in [0.5, 0.6) is 0 Å². The van der Waals surface area contributed by atoms with Crippen molar-refractivity contribution < 1.29 is 45.5 Å². The number of nitrogens with zero attached hydrogens (tertiary/aromatic N) is 1. The Hall–Kier alpha value is -1.22. The SMILES string of the molecule is CC(C)=CCOC(=O)[N-]c1ccccc1.C[Si](C)c1ccccc1.[Cu].[Li+]. The van der Waals surface area contributed by atoms with Crippen LogP contribution in [0.25, 0.3) is 5.32 Å².